The fraction of sp³-hybridized carbons (Fsp3) is 0.0909. The normalized spacial score (nSPS) is 10.3. The molecule has 0 fully saturated rings. The van der Waals surface area contributed by atoms with Crippen molar-refractivity contribution < 1.29 is 9.21 Å². The molecule has 0 aliphatic heterocycles. The molecule has 0 saturated carbocycles. The molecule has 0 aliphatic rings. The Morgan fingerprint density at radius 1 is 1.33 bits per heavy atom. The third-order valence-electron chi connectivity index (χ3n) is 2.01. The van der Waals surface area contributed by atoms with E-state index >= 15 is 0 Å². The highest BCUT2D eigenvalue weighted by Gasteiger charge is 2.14. The molecule has 0 atom stereocenters. The first-order valence-corrected chi connectivity index (χ1v) is 4.76. The molecule has 0 N–H and O–H groups in total. The zero-order valence-corrected chi connectivity index (χ0v) is 8.78. The molecule has 0 amide bonds. The van der Waals surface area contributed by atoms with E-state index in [0.717, 1.165) is 5.56 Å². The second-order valence-corrected chi connectivity index (χ2v) is 3.53. The Kier molecular flexibility index (Phi) is 2.56. The van der Waals surface area contributed by atoms with Gasteiger partial charge in [0.1, 0.15) is 0 Å². The Balaban J connectivity index is 2.49. The van der Waals surface area contributed by atoms with Crippen LogP contribution in [0.4, 0.5) is 0 Å². The van der Waals surface area contributed by atoms with Crippen LogP contribution in [0.15, 0.2) is 35.1 Å². The SMILES string of the molecule is CC(=O)c1ncoc1-c1ccc(Cl)cc1. The highest BCUT2D eigenvalue weighted by atomic mass is 35.5. The fourth-order valence-corrected chi connectivity index (χ4v) is 1.43. The summed E-state index contributed by atoms with van der Waals surface area (Å²) in [7, 11) is 0. The average molecular weight is 222 g/mol. The summed E-state index contributed by atoms with van der Waals surface area (Å²) >= 11 is 5.76. The van der Waals surface area contributed by atoms with Crippen molar-refractivity contribution >= 4 is 17.4 Å². The van der Waals surface area contributed by atoms with Gasteiger partial charge in [0.25, 0.3) is 0 Å². The first-order valence-electron chi connectivity index (χ1n) is 4.39. The molecule has 0 saturated heterocycles. The molecule has 1 aromatic carbocycles. The Morgan fingerprint density at radius 2 is 2.00 bits per heavy atom. The summed E-state index contributed by atoms with van der Waals surface area (Å²) in [4.78, 5) is 15.1. The van der Waals surface area contributed by atoms with E-state index in [1.807, 2.05) is 0 Å². The smallest absolute Gasteiger partial charge is 0.182 e. The Labute approximate surface area is 91.7 Å². The van der Waals surface area contributed by atoms with Gasteiger partial charge in [0, 0.05) is 17.5 Å². The molecular weight excluding hydrogens is 214 g/mol. The Bertz CT molecular complexity index is 488. The van der Waals surface area contributed by atoms with Gasteiger partial charge in [-0.3, -0.25) is 4.79 Å². The van der Waals surface area contributed by atoms with Crippen LogP contribution >= 0.6 is 11.6 Å². The maximum atomic E-state index is 11.2. The lowest BCUT2D eigenvalue weighted by Gasteiger charge is -1.98. The van der Waals surface area contributed by atoms with E-state index in [9.17, 15) is 4.79 Å². The number of ketones is 1. The van der Waals surface area contributed by atoms with Gasteiger partial charge in [0.15, 0.2) is 23.6 Å². The molecule has 2 aromatic rings. The van der Waals surface area contributed by atoms with Crippen LogP contribution in [0, 0.1) is 0 Å². The number of hydrogen-bond donors (Lipinski definition) is 0. The molecule has 0 unspecified atom stereocenters. The van der Waals surface area contributed by atoms with Crippen LogP contribution in [0.2, 0.25) is 5.02 Å². The zero-order valence-electron chi connectivity index (χ0n) is 8.03. The predicted molar refractivity (Wildman–Crippen MR) is 57.0 cm³/mol. The number of Topliss-reactive ketones (excluding diaryl/α,β-unsaturated/α-hetero) is 1. The number of carbonyl (C=O) groups excluding carboxylic acids is 1. The molecule has 0 bridgehead atoms. The minimum atomic E-state index is -0.117. The lowest BCUT2D eigenvalue weighted by molar-refractivity contribution is 0.101. The van der Waals surface area contributed by atoms with Gasteiger partial charge in [-0.25, -0.2) is 4.98 Å². The number of nitrogens with zero attached hydrogens (tertiary/aromatic N) is 1. The Hall–Kier alpha value is -1.61. The van der Waals surface area contributed by atoms with Crippen molar-refractivity contribution in [1.82, 2.24) is 4.98 Å². The van der Waals surface area contributed by atoms with Crippen molar-refractivity contribution in [3.05, 3.63) is 41.4 Å². The van der Waals surface area contributed by atoms with Gasteiger partial charge in [0.05, 0.1) is 0 Å². The van der Waals surface area contributed by atoms with E-state index in [4.69, 9.17) is 16.0 Å². The van der Waals surface area contributed by atoms with E-state index < -0.39 is 0 Å². The number of oxazole rings is 1. The van der Waals surface area contributed by atoms with Crippen molar-refractivity contribution in [2.24, 2.45) is 0 Å². The monoisotopic (exact) mass is 221 g/mol. The maximum absolute atomic E-state index is 11.2. The number of halogens is 1. The minimum Gasteiger partial charge on any atom is -0.443 e. The number of benzene rings is 1. The third kappa shape index (κ3) is 1.92. The quantitative estimate of drug-likeness (QED) is 0.732. The van der Waals surface area contributed by atoms with Crippen molar-refractivity contribution in [3.8, 4) is 11.3 Å². The van der Waals surface area contributed by atoms with E-state index in [-0.39, 0.29) is 5.78 Å². The highest BCUT2D eigenvalue weighted by Crippen LogP contribution is 2.24. The molecule has 76 valence electrons. The van der Waals surface area contributed by atoms with E-state index in [2.05, 4.69) is 4.98 Å². The molecule has 15 heavy (non-hydrogen) atoms. The minimum absolute atomic E-state index is 0.117. The first-order chi connectivity index (χ1) is 7.18. The summed E-state index contributed by atoms with van der Waals surface area (Å²) in [5.74, 6) is 0.368. The maximum Gasteiger partial charge on any atom is 0.182 e. The summed E-state index contributed by atoms with van der Waals surface area (Å²) in [5.41, 5.74) is 1.14. The number of rotatable bonds is 2. The van der Waals surface area contributed by atoms with Crippen molar-refractivity contribution in [1.29, 1.82) is 0 Å². The summed E-state index contributed by atoms with van der Waals surface area (Å²) in [5, 5.41) is 0.641. The van der Waals surface area contributed by atoms with E-state index in [1.54, 1.807) is 24.3 Å². The van der Waals surface area contributed by atoms with Gasteiger partial charge < -0.3 is 4.42 Å². The van der Waals surface area contributed by atoms with Crippen LogP contribution in [-0.2, 0) is 0 Å². The largest absolute Gasteiger partial charge is 0.443 e. The number of carbonyl (C=O) groups is 1. The number of hydrogen-bond acceptors (Lipinski definition) is 3. The second kappa shape index (κ2) is 3.87. The molecule has 3 nitrogen and oxygen atoms in total. The molecule has 4 heteroatoms. The van der Waals surface area contributed by atoms with Crippen LogP contribution in [0.5, 0.6) is 0 Å². The standard InChI is InChI=1S/C11H8ClNO2/c1-7(14)10-11(15-6-13-10)8-2-4-9(12)5-3-8/h2-6H,1H3. The Morgan fingerprint density at radius 3 is 2.60 bits per heavy atom. The van der Waals surface area contributed by atoms with Gasteiger partial charge in [-0.2, -0.15) is 0 Å². The lowest BCUT2D eigenvalue weighted by atomic mass is 10.1. The van der Waals surface area contributed by atoms with Crippen LogP contribution in [0.3, 0.4) is 0 Å². The molecule has 0 radical (unpaired) electrons. The fourth-order valence-electron chi connectivity index (χ4n) is 1.30. The van der Waals surface area contributed by atoms with Gasteiger partial charge >= 0.3 is 0 Å². The third-order valence-corrected chi connectivity index (χ3v) is 2.26. The van der Waals surface area contributed by atoms with Crippen LogP contribution in [0.25, 0.3) is 11.3 Å². The summed E-state index contributed by atoms with van der Waals surface area (Å²) < 4.78 is 5.18. The lowest BCUT2D eigenvalue weighted by Crippen LogP contribution is -1.94. The van der Waals surface area contributed by atoms with Gasteiger partial charge in [0.2, 0.25) is 0 Å². The van der Waals surface area contributed by atoms with Gasteiger partial charge in [-0.1, -0.05) is 11.6 Å². The predicted octanol–water partition coefficient (Wildman–Crippen LogP) is 3.20. The summed E-state index contributed by atoms with van der Waals surface area (Å²) in [6.45, 7) is 1.46. The first kappa shape index (κ1) is 9.93. The van der Waals surface area contributed by atoms with Gasteiger partial charge in [-0.15, -0.1) is 0 Å². The van der Waals surface area contributed by atoms with Crippen LogP contribution in [-0.4, -0.2) is 10.8 Å². The molecule has 0 spiro atoms. The summed E-state index contributed by atoms with van der Waals surface area (Å²) in [6.07, 6.45) is 1.26. The zero-order chi connectivity index (χ0) is 10.8. The van der Waals surface area contributed by atoms with Crippen LogP contribution in [0.1, 0.15) is 17.4 Å². The van der Waals surface area contributed by atoms with E-state index in [0.29, 0.717) is 16.5 Å². The average Bonchev–Trinajstić information content (AvgIpc) is 2.67. The molecule has 0 aliphatic carbocycles. The summed E-state index contributed by atoms with van der Waals surface area (Å²) in [6, 6.07) is 7.05. The van der Waals surface area contributed by atoms with Crippen molar-refractivity contribution in [2.45, 2.75) is 6.92 Å². The van der Waals surface area contributed by atoms with Crippen LogP contribution < -0.4 is 0 Å². The topological polar surface area (TPSA) is 43.1 Å². The molecule has 1 aromatic heterocycles. The highest BCUT2D eigenvalue weighted by molar-refractivity contribution is 6.30. The van der Waals surface area contributed by atoms with Crippen molar-refractivity contribution in [3.63, 3.8) is 0 Å². The molecule has 2 rings (SSSR count). The second-order valence-electron chi connectivity index (χ2n) is 3.09. The molecular formula is C11H8ClNO2. The van der Waals surface area contributed by atoms with Gasteiger partial charge in [-0.05, 0) is 24.3 Å². The van der Waals surface area contributed by atoms with Crippen molar-refractivity contribution in [2.75, 3.05) is 0 Å². The molecule has 1 heterocycles. The number of aromatic nitrogens is 1. The van der Waals surface area contributed by atoms with E-state index in [1.165, 1.54) is 13.3 Å².